The average Bonchev–Trinajstić information content (AvgIpc) is 3.15. The molecule has 31 heavy (non-hydrogen) atoms. The summed E-state index contributed by atoms with van der Waals surface area (Å²) in [6.07, 6.45) is -1.62. The Morgan fingerprint density at radius 3 is 2.71 bits per heavy atom. The summed E-state index contributed by atoms with van der Waals surface area (Å²) in [5.41, 5.74) is 1.71. The molecule has 0 spiro atoms. The number of aromatic nitrogens is 3. The average molecular weight is 450 g/mol. The monoisotopic (exact) mass is 449 g/mol. The van der Waals surface area contributed by atoms with E-state index in [1.54, 1.807) is 11.3 Å². The van der Waals surface area contributed by atoms with Gasteiger partial charge in [-0.05, 0) is 36.2 Å². The quantitative estimate of drug-likeness (QED) is 0.540. The van der Waals surface area contributed by atoms with Gasteiger partial charge < -0.3 is 15.4 Å². The molecule has 0 saturated carbocycles. The first kappa shape index (κ1) is 21.7. The van der Waals surface area contributed by atoms with Gasteiger partial charge in [0.2, 0.25) is 5.95 Å². The van der Waals surface area contributed by atoms with Gasteiger partial charge in [0.05, 0.1) is 18.1 Å². The Balaban J connectivity index is 1.46. The van der Waals surface area contributed by atoms with Crippen LogP contribution in [-0.4, -0.2) is 34.7 Å². The van der Waals surface area contributed by atoms with Gasteiger partial charge in [0, 0.05) is 36.6 Å². The second kappa shape index (κ2) is 8.52. The molecule has 1 fully saturated rings. The Labute approximate surface area is 181 Å². The molecule has 164 valence electrons. The van der Waals surface area contributed by atoms with Crippen molar-refractivity contribution in [1.82, 2.24) is 20.3 Å². The molecule has 0 unspecified atom stereocenters. The van der Waals surface area contributed by atoms with Gasteiger partial charge in [-0.1, -0.05) is 13.0 Å². The molecule has 1 saturated heterocycles. The van der Waals surface area contributed by atoms with Crippen molar-refractivity contribution in [2.24, 2.45) is 5.41 Å². The van der Waals surface area contributed by atoms with E-state index in [9.17, 15) is 13.2 Å². The zero-order valence-electron chi connectivity index (χ0n) is 17.1. The van der Waals surface area contributed by atoms with Crippen molar-refractivity contribution in [3.8, 4) is 10.4 Å². The summed E-state index contributed by atoms with van der Waals surface area (Å²) in [5, 5.41) is 7.27. The molecule has 10 heteroatoms. The van der Waals surface area contributed by atoms with Gasteiger partial charge in [0.25, 0.3) is 0 Å². The van der Waals surface area contributed by atoms with Crippen LogP contribution >= 0.6 is 11.3 Å². The summed E-state index contributed by atoms with van der Waals surface area (Å²) in [4.78, 5) is 12.9. The Morgan fingerprint density at radius 2 is 2.00 bits per heavy atom. The molecule has 6 nitrogen and oxygen atoms in total. The molecule has 0 amide bonds. The second-order valence-electron chi connectivity index (χ2n) is 8.00. The molecular formula is C21H22F3N5OS. The molecule has 0 radical (unpaired) electrons. The molecule has 2 aromatic heterocycles. The topological polar surface area (TPSA) is 72.0 Å². The number of halogens is 3. The summed E-state index contributed by atoms with van der Waals surface area (Å²) in [6.45, 7) is 7.21. The highest BCUT2D eigenvalue weighted by Crippen LogP contribution is 2.32. The first-order chi connectivity index (χ1) is 14.7. The van der Waals surface area contributed by atoms with Crippen LogP contribution in [0.25, 0.3) is 10.4 Å². The van der Waals surface area contributed by atoms with Crippen molar-refractivity contribution in [1.29, 1.82) is 0 Å². The maximum atomic E-state index is 12.9. The van der Waals surface area contributed by atoms with Crippen LogP contribution in [0, 0.1) is 12.3 Å². The number of aryl methyl sites for hydroxylation is 1. The van der Waals surface area contributed by atoms with Gasteiger partial charge in [-0.25, -0.2) is 15.0 Å². The first-order valence-electron chi connectivity index (χ1n) is 9.73. The van der Waals surface area contributed by atoms with E-state index in [4.69, 9.17) is 4.74 Å². The lowest BCUT2D eigenvalue weighted by Gasteiger charge is -2.38. The Morgan fingerprint density at radius 1 is 1.19 bits per heavy atom. The minimum Gasteiger partial charge on any atom is -0.380 e. The number of thiazole rings is 1. The number of hydrogen-bond donors (Lipinski definition) is 2. The molecule has 3 aromatic rings. The van der Waals surface area contributed by atoms with Crippen LogP contribution in [-0.2, 0) is 17.5 Å². The molecule has 3 heterocycles. The van der Waals surface area contributed by atoms with Crippen molar-refractivity contribution >= 4 is 23.0 Å². The number of hydrogen-bond acceptors (Lipinski definition) is 7. The third-order valence-electron chi connectivity index (χ3n) is 4.85. The first-order valence-corrected chi connectivity index (χ1v) is 10.5. The Hall–Kier alpha value is -2.56. The number of benzene rings is 1. The zero-order chi connectivity index (χ0) is 22.1. The molecule has 1 aromatic carbocycles. The minimum absolute atomic E-state index is 0.103. The number of nitrogens with zero attached hydrogens (tertiary/aromatic N) is 3. The molecule has 1 aliphatic heterocycles. The lowest BCUT2D eigenvalue weighted by molar-refractivity contribution is -0.141. The van der Waals surface area contributed by atoms with E-state index in [2.05, 4.69) is 32.5 Å². The molecular weight excluding hydrogens is 427 g/mol. The van der Waals surface area contributed by atoms with Crippen molar-refractivity contribution in [2.45, 2.75) is 26.6 Å². The van der Waals surface area contributed by atoms with Crippen LogP contribution in [0.1, 0.15) is 23.2 Å². The number of rotatable bonds is 7. The third kappa shape index (κ3) is 5.38. The van der Waals surface area contributed by atoms with Crippen molar-refractivity contribution < 1.29 is 17.9 Å². The fourth-order valence-corrected chi connectivity index (χ4v) is 4.13. The highest BCUT2D eigenvalue weighted by atomic mass is 32.1. The van der Waals surface area contributed by atoms with E-state index < -0.39 is 11.9 Å². The van der Waals surface area contributed by atoms with Crippen molar-refractivity contribution in [3.05, 3.63) is 52.9 Å². The van der Waals surface area contributed by atoms with Crippen LogP contribution in [0.2, 0.25) is 0 Å². The fraction of sp³-hybridized carbons (Fsp3) is 0.381. The van der Waals surface area contributed by atoms with Gasteiger partial charge >= 0.3 is 6.18 Å². The number of nitrogens with one attached hydrogen (secondary N) is 2. The van der Waals surface area contributed by atoms with Crippen LogP contribution in [0.3, 0.4) is 0 Å². The molecule has 4 rings (SSSR count). The highest BCUT2D eigenvalue weighted by Gasteiger charge is 2.33. The molecule has 0 atom stereocenters. The summed E-state index contributed by atoms with van der Waals surface area (Å²) >= 11 is 1.58. The number of ether oxygens (including phenoxy) is 1. The van der Waals surface area contributed by atoms with Crippen LogP contribution < -0.4 is 10.6 Å². The van der Waals surface area contributed by atoms with Gasteiger partial charge in [0.1, 0.15) is 10.7 Å². The molecule has 0 aliphatic carbocycles. The standard InChI is InChI=1S/C21H22F3N5OS/c1-13-5-14(16-8-27-18(31-16)9-25-10-20(2)11-30-12-20)7-15(6-13)28-19-26-4-3-17(29-19)21(22,23)24/h3-8,25H,9-12H2,1-2H3,(H,26,28,29). The van der Waals surface area contributed by atoms with Gasteiger partial charge in [-0.2, -0.15) is 13.2 Å². The summed E-state index contributed by atoms with van der Waals surface area (Å²) < 4.78 is 44.0. The molecule has 2 N–H and O–H groups in total. The van der Waals surface area contributed by atoms with Crippen molar-refractivity contribution in [2.75, 3.05) is 25.1 Å². The SMILES string of the molecule is Cc1cc(Nc2nccc(C(F)(F)F)n2)cc(-c2cnc(CNCC3(C)COC3)s2)c1. The predicted octanol–water partition coefficient (Wildman–Crippen LogP) is 4.80. The Kier molecular flexibility index (Phi) is 5.96. The van der Waals surface area contributed by atoms with E-state index in [0.717, 1.165) is 53.0 Å². The maximum Gasteiger partial charge on any atom is 0.433 e. The smallest absolute Gasteiger partial charge is 0.380 e. The van der Waals surface area contributed by atoms with Crippen molar-refractivity contribution in [3.63, 3.8) is 0 Å². The largest absolute Gasteiger partial charge is 0.433 e. The highest BCUT2D eigenvalue weighted by molar-refractivity contribution is 7.15. The third-order valence-corrected chi connectivity index (χ3v) is 5.89. The normalized spacial score (nSPS) is 15.5. The van der Waals surface area contributed by atoms with Gasteiger partial charge in [-0.15, -0.1) is 11.3 Å². The van der Waals surface area contributed by atoms with E-state index in [1.165, 1.54) is 0 Å². The van der Waals surface area contributed by atoms with E-state index >= 15 is 0 Å². The van der Waals surface area contributed by atoms with E-state index in [1.807, 2.05) is 31.3 Å². The van der Waals surface area contributed by atoms with Gasteiger partial charge in [0.15, 0.2) is 0 Å². The maximum absolute atomic E-state index is 12.9. The van der Waals surface area contributed by atoms with Crippen LogP contribution in [0.4, 0.5) is 24.8 Å². The van der Waals surface area contributed by atoms with E-state index in [-0.39, 0.29) is 11.4 Å². The van der Waals surface area contributed by atoms with Crippen LogP contribution in [0.5, 0.6) is 0 Å². The summed E-state index contributed by atoms with van der Waals surface area (Å²) in [7, 11) is 0. The lowest BCUT2D eigenvalue weighted by atomic mass is 9.89. The van der Waals surface area contributed by atoms with Gasteiger partial charge in [-0.3, -0.25) is 0 Å². The molecule has 1 aliphatic rings. The lowest BCUT2D eigenvalue weighted by Crippen LogP contribution is -2.47. The molecule has 0 bridgehead atoms. The van der Waals surface area contributed by atoms with E-state index in [0.29, 0.717) is 12.2 Å². The minimum atomic E-state index is -4.52. The Bertz CT molecular complexity index is 1070. The fourth-order valence-electron chi connectivity index (χ4n) is 3.25. The summed E-state index contributed by atoms with van der Waals surface area (Å²) in [6, 6.07) is 6.54. The summed E-state index contributed by atoms with van der Waals surface area (Å²) in [5.74, 6) is -0.103. The van der Waals surface area contributed by atoms with Crippen LogP contribution in [0.15, 0.2) is 36.7 Å². The zero-order valence-corrected chi connectivity index (χ0v) is 17.9. The number of anilines is 2. The predicted molar refractivity (Wildman–Crippen MR) is 113 cm³/mol. The second-order valence-corrected chi connectivity index (χ2v) is 9.12. The number of alkyl halides is 3.